The van der Waals surface area contributed by atoms with Gasteiger partial charge in [0, 0.05) is 0 Å². The average molecular weight is 292 g/mol. The largest absolute Gasteiger partial charge is 0.468 e. The molecule has 0 aliphatic rings. The molecule has 0 radical (unpaired) electrons. The lowest BCUT2D eigenvalue weighted by Gasteiger charge is -2.04. The van der Waals surface area contributed by atoms with E-state index in [0.717, 1.165) is 19.2 Å². The van der Waals surface area contributed by atoms with E-state index < -0.39 is 50.3 Å². The molecule has 0 aliphatic carbocycles. The number of esters is 1. The quantitative estimate of drug-likeness (QED) is 0.591. The molecule has 0 amide bonds. The first kappa shape index (κ1) is 15.2. The Bertz CT molecular complexity index is 610. The topological polar surface area (TPSA) is 77.5 Å². The minimum atomic E-state index is -4.08. The predicted molar refractivity (Wildman–Crippen MR) is 61.4 cm³/mol. The zero-order valence-electron chi connectivity index (χ0n) is 9.85. The SMILES string of the molecule is COC(=O)CS(=O)(=O)CC(=O)c1cc(F)ccc1F. The van der Waals surface area contributed by atoms with E-state index in [1.165, 1.54) is 0 Å². The molecule has 0 aromatic heterocycles. The monoisotopic (exact) mass is 292 g/mol. The van der Waals surface area contributed by atoms with Crippen molar-refractivity contribution in [3.63, 3.8) is 0 Å². The molecule has 104 valence electrons. The van der Waals surface area contributed by atoms with Crippen molar-refractivity contribution in [2.75, 3.05) is 18.6 Å². The van der Waals surface area contributed by atoms with Gasteiger partial charge in [-0.05, 0) is 18.2 Å². The Hall–Kier alpha value is -1.83. The number of rotatable bonds is 5. The molecule has 5 nitrogen and oxygen atoms in total. The van der Waals surface area contributed by atoms with Crippen LogP contribution in [0, 0.1) is 11.6 Å². The van der Waals surface area contributed by atoms with Crippen molar-refractivity contribution in [1.29, 1.82) is 0 Å². The summed E-state index contributed by atoms with van der Waals surface area (Å²) in [5, 5.41) is 0. The maximum absolute atomic E-state index is 13.2. The third-order valence-electron chi connectivity index (χ3n) is 2.15. The highest BCUT2D eigenvalue weighted by atomic mass is 32.2. The van der Waals surface area contributed by atoms with E-state index in [1.54, 1.807) is 0 Å². The van der Waals surface area contributed by atoms with Gasteiger partial charge in [-0.1, -0.05) is 0 Å². The van der Waals surface area contributed by atoms with Crippen LogP contribution in [0.15, 0.2) is 18.2 Å². The first-order valence-electron chi connectivity index (χ1n) is 5.00. The summed E-state index contributed by atoms with van der Waals surface area (Å²) < 4.78 is 53.1. The molecule has 19 heavy (non-hydrogen) atoms. The van der Waals surface area contributed by atoms with Gasteiger partial charge in [-0.25, -0.2) is 17.2 Å². The van der Waals surface area contributed by atoms with Crippen molar-refractivity contribution in [1.82, 2.24) is 0 Å². The summed E-state index contributed by atoms with van der Waals surface area (Å²) in [6.45, 7) is 0. The van der Waals surface area contributed by atoms with Gasteiger partial charge in [-0.2, -0.15) is 0 Å². The smallest absolute Gasteiger partial charge is 0.320 e. The average Bonchev–Trinajstić information content (AvgIpc) is 2.30. The second-order valence-electron chi connectivity index (χ2n) is 3.66. The van der Waals surface area contributed by atoms with E-state index in [0.29, 0.717) is 6.07 Å². The van der Waals surface area contributed by atoms with E-state index in [9.17, 15) is 26.8 Å². The molecule has 0 N–H and O–H groups in total. The van der Waals surface area contributed by atoms with Crippen molar-refractivity contribution >= 4 is 21.6 Å². The van der Waals surface area contributed by atoms with Crippen LogP contribution in [0.5, 0.6) is 0 Å². The van der Waals surface area contributed by atoms with Gasteiger partial charge in [0.05, 0.1) is 12.7 Å². The number of carbonyl (C=O) groups is 2. The predicted octanol–water partition coefficient (Wildman–Crippen LogP) is 0.735. The number of sulfone groups is 1. The fraction of sp³-hybridized carbons (Fsp3) is 0.273. The van der Waals surface area contributed by atoms with Crippen molar-refractivity contribution in [3.05, 3.63) is 35.4 Å². The Morgan fingerprint density at radius 3 is 2.42 bits per heavy atom. The van der Waals surface area contributed by atoms with Crippen LogP contribution in [0.4, 0.5) is 8.78 Å². The number of ether oxygens (including phenoxy) is 1. The molecule has 1 rings (SSSR count). The zero-order valence-corrected chi connectivity index (χ0v) is 10.7. The van der Waals surface area contributed by atoms with Crippen molar-refractivity contribution in [3.8, 4) is 0 Å². The minimum Gasteiger partial charge on any atom is -0.468 e. The summed E-state index contributed by atoms with van der Waals surface area (Å²) >= 11 is 0. The Balaban J connectivity index is 2.91. The van der Waals surface area contributed by atoms with Gasteiger partial charge >= 0.3 is 5.97 Å². The first-order valence-corrected chi connectivity index (χ1v) is 6.83. The minimum absolute atomic E-state index is 0.603. The molecule has 0 unspecified atom stereocenters. The van der Waals surface area contributed by atoms with Crippen LogP contribution < -0.4 is 0 Å². The summed E-state index contributed by atoms with van der Waals surface area (Å²) in [6, 6.07) is 2.12. The summed E-state index contributed by atoms with van der Waals surface area (Å²) in [7, 11) is -3.09. The lowest BCUT2D eigenvalue weighted by Crippen LogP contribution is -2.25. The third-order valence-corrected chi connectivity index (χ3v) is 3.52. The lowest BCUT2D eigenvalue weighted by atomic mass is 10.1. The highest BCUT2D eigenvalue weighted by Gasteiger charge is 2.24. The lowest BCUT2D eigenvalue weighted by molar-refractivity contribution is -0.137. The van der Waals surface area contributed by atoms with E-state index in [4.69, 9.17) is 0 Å². The second-order valence-corrected chi connectivity index (χ2v) is 5.72. The number of hydrogen-bond donors (Lipinski definition) is 0. The molecule has 0 fully saturated rings. The van der Waals surface area contributed by atoms with Gasteiger partial charge in [-0.15, -0.1) is 0 Å². The van der Waals surface area contributed by atoms with Gasteiger partial charge in [0.2, 0.25) is 0 Å². The van der Waals surface area contributed by atoms with Gasteiger partial charge in [-0.3, -0.25) is 9.59 Å². The summed E-state index contributed by atoms with van der Waals surface area (Å²) in [4.78, 5) is 22.4. The van der Waals surface area contributed by atoms with Gasteiger partial charge in [0.25, 0.3) is 0 Å². The van der Waals surface area contributed by atoms with Gasteiger partial charge in [0.1, 0.15) is 23.1 Å². The molecule has 0 atom stereocenters. The number of carbonyl (C=O) groups excluding carboxylic acids is 2. The second kappa shape index (κ2) is 5.87. The molecule has 0 aliphatic heterocycles. The third kappa shape index (κ3) is 4.40. The number of halogens is 2. The standard InChI is InChI=1S/C11H10F2O5S/c1-18-11(15)6-19(16,17)5-10(14)8-4-7(12)2-3-9(8)13/h2-4H,5-6H2,1H3. The Labute approximate surface area is 108 Å². The molecule has 8 heteroatoms. The number of ketones is 1. The molecule has 1 aromatic carbocycles. The van der Waals surface area contributed by atoms with Crippen molar-refractivity contribution in [2.24, 2.45) is 0 Å². The Kier molecular flexibility index (Phi) is 4.71. The van der Waals surface area contributed by atoms with E-state index >= 15 is 0 Å². The Morgan fingerprint density at radius 2 is 1.84 bits per heavy atom. The normalized spacial score (nSPS) is 11.1. The van der Waals surface area contributed by atoms with E-state index in [-0.39, 0.29) is 0 Å². The number of benzene rings is 1. The summed E-state index contributed by atoms with van der Waals surface area (Å²) in [5.74, 6) is -6.14. The maximum Gasteiger partial charge on any atom is 0.320 e. The van der Waals surface area contributed by atoms with Gasteiger partial charge in [0.15, 0.2) is 15.6 Å². The molecule has 0 bridgehead atoms. The first-order chi connectivity index (χ1) is 8.75. The molecular formula is C11H10F2O5S. The van der Waals surface area contributed by atoms with Crippen LogP contribution >= 0.6 is 0 Å². The van der Waals surface area contributed by atoms with Crippen LogP contribution in [-0.2, 0) is 19.4 Å². The molecule has 0 saturated carbocycles. The molecule has 0 heterocycles. The fourth-order valence-corrected chi connectivity index (χ4v) is 2.41. The fourth-order valence-electron chi connectivity index (χ4n) is 1.28. The van der Waals surface area contributed by atoms with Crippen LogP contribution in [0.1, 0.15) is 10.4 Å². The van der Waals surface area contributed by atoms with Gasteiger partial charge < -0.3 is 4.74 Å². The summed E-state index contributed by atoms with van der Waals surface area (Å²) in [6.07, 6.45) is 0. The number of hydrogen-bond acceptors (Lipinski definition) is 5. The molecular weight excluding hydrogens is 282 g/mol. The summed E-state index contributed by atoms with van der Waals surface area (Å²) in [5.41, 5.74) is -0.673. The van der Waals surface area contributed by atoms with Crippen LogP contribution in [0.3, 0.4) is 0 Å². The highest BCUT2D eigenvalue weighted by molar-refractivity contribution is 7.92. The number of Topliss-reactive ketones (excluding diaryl/α,β-unsaturated/α-hetero) is 1. The van der Waals surface area contributed by atoms with Crippen LogP contribution in [0.25, 0.3) is 0 Å². The Morgan fingerprint density at radius 1 is 1.21 bits per heavy atom. The zero-order chi connectivity index (χ0) is 14.6. The van der Waals surface area contributed by atoms with Crippen molar-refractivity contribution in [2.45, 2.75) is 0 Å². The van der Waals surface area contributed by atoms with E-state index in [1.807, 2.05) is 0 Å². The van der Waals surface area contributed by atoms with Crippen molar-refractivity contribution < 1.29 is 31.5 Å². The van der Waals surface area contributed by atoms with Crippen LogP contribution in [0.2, 0.25) is 0 Å². The maximum atomic E-state index is 13.2. The van der Waals surface area contributed by atoms with E-state index in [2.05, 4.69) is 4.74 Å². The molecule has 0 spiro atoms. The number of methoxy groups -OCH3 is 1. The highest BCUT2D eigenvalue weighted by Crippen LogP contribution is 2.11. The van der Waals surface area contributed by atoms with Crippen LogP contribution in [-0.4, -0.2) is 38.8 Å². The molecule has 0 saturated heterocycles. The molecule has 1 aromatic rings.